The third-order valence-corrected chi connectivity index (χ3v) is 2.63. The second-order valence-corrected chi connectivity index (χ2v) is 3.55. The van der Waals surface area contributed by atoms with Gasteiger partial charge in [0.25, 0.3) is 0 Å². The highest BCUT2D eigenvalue weighted by Gasteiger charge is 2.30. The van der Waals surface area contributed by atoms with Gasteiger partial charge < -0.3 is 14.4 Å². The minimum Gasteiger partial charge on any atom is -0.349 e. The predicted octanol–water partition coefficient (Wildman–Crippen LogP) is 0.812. The minimum atomic E-state index is -3.52. The molecule has 5 nitrogen and oxygen atoms in total. The SMILES string of the molecule is CNC(=O)P(=O)(OC)OC. The maximum atomic E-state index is 11.0. The zero-order chi connectivity index (χ0) is 8.20. The molecular formula is C4H10NO4P. The zero-order valence-electron chi connectivity index (χ0n) is 6.08. The van der Waals surface area contributed by atoms with Crippen LogP contribution < -0.4 is 5.32 Å². The molecule has 0 spiro atoms. The Bertz CT molecular complexity index is 161. The van der Waals surface area contributed by atoms with Crippen molar-refractivity contribution in [1.29, 1.82) is 0 Å². The van der Waals surface area contributed by atoms with Crippen molar-refractivity contribution in [3.63, 3.8) is 0 Å². The first kappa shape index (κ1) is 9.62. The fraction of sp³-hybridized carbons (Fsp3) is 0.750. The topological polar surface area (TPSA) is 64.6 Å². The van der Waals surface area contributed by atoms with Crippen LogP contribution >= 0.6 is 7.60 Å². The van der Waals surface area contributed by atoms with Crippen LogP contribution in [0.3, 0.4) is 0 Å². The Morgan fingerprint density at radius 2 is 1.80 bits per heavy atom. The van der Waals surface area contributed by atoms with Gasteiger partial charge in [0.05, 0.1) is 0 Å². The molecule has 0 bridgehead atoms. The molecule has 0 aliphatic heterocycles. The van der Waals surface area contributed by atoms with Gasteiger partial charge in [0.15, 0.2) is 0 Å². The van der Waals surface area contributed by atoms with Gasteiger partial charge in [0, 0.05) is 21.3 Å². The van der Waals surface area contributed by atoms with Crippen LogP contribution in [0.1, 0.15) is 0 Å². The molecule has 10 heavy (non-hydrogen) atoms. The van der Waals surface area contributed by atoms with Crippen molar-refractivity contribution >= 4 is 13.2 Å². The summed E-state index contributed by atoms with van der Waals surface area (Å²) in [5, 5.41) is 2.16. The van der Waals surface area contributed by atoms with Gasteiger partial charge in [-0.15, -0.1) is 0 Å². The number of hydrogen-bond acceptors (Lipinski definition) is 4. The lowest BCUT2D eigenvalue weighted by molar-refractivity contribution is 0.235. The van der Waals surface area contributed by atoms with E-state index >= 15 is 0 Å². The van der Waals surface area contributed by atoms with Gasteiger partial charge in [-0.2, -0.15) is 0 Å². The molecule has 0 atom stereocenters. The first-order chi connectivity index (χ1) is 4.60. The van der Waals surface area contributed by atoms with Crippen molar-refractivity contribution in [3.8, 4) is 0 Å². The Balaban J connectivity index is 4.34. The fourth-order valence-corrected chi connectivity index (χ4v) is 1.13. The Morgan fingerprint density at radius 1 is 1.40 bits per heavy atom. The summed E-state index contributed by atoms with van der Waals surface area (Å²) in [6.45, 7) is 0. The Morgan fingerprint density at radius 3 is 1.90 bits per heavy atom. The van der Waals surface area contributed by atoms with Gasteiger partial charge in [-0.25, -0.2) is 4.57 Å². The second-order valence-electron chi connectivity index (χ2n) is 1.42. The minimum absolute atomic E-state index is 0.738. The Labute approximate surface area is 59.2 Å². The lowest BCUT2D eigenvalue weighted by Crippen LogP contribution is -2.17. The standard InChI is InChI=1S/C4H10NO4P/c1-5-4(6)10(7,8-2)9-3/h1-3H3,(H,5,6). The third-order valence-electron chi connectivity index (χ3n) is 0.943. The van der Waals surface area contributed by atoms with Gasteiger partial charge in [0.2, 0.25) is 0 Å². The van der Waals surface area contributed by atoms with E-state index in [2.05, 4.69) is 14.4 Å². The first-order valence-corrected chi connectivity index (χ1v) is 4.08. The average molecular weight is 167 g/mol. The molecule has 0 unspecified atom stereocenters. The van der Waals surface area contributed by atoms with Crippen LogP contribution in [-0.2, 0) is 13.6 Å². The summed E-state index contributed by atoms with van der Waals surface area (Å²) in [6, 6.07) is 0. The van der Waals surface area contributed by atoms with Gasteiger partial charge in [0.1, 0.15) is 0 Å². The second kappa shape index (κ2) is 3.71. The summed E-state index contributed by atoms with van der Waals surface area (Å²) in [6.07, 6.45) is 0. The zero-order valence-corrected chi connectivity index (χ0v) is 6.97. The monoisotopic (exact) mass is 167 g/mol. The van der Waals surface area contributed by atoms with Gasteiger partial charge in [-0.05, 0) is 0 Å². The third kappa shape index (κ3) is 1.80. The summed E-state index contributed by atoms with van der Waals surface area (Å²) >= 11 is 0. The van der Waals surface area contributed by atoms with Crippen molar-refractivity contribution in [2.45, 2.75) is 0 Å². The molecule has 0 aromatic rings. The van der Waals surface area contributed by atoms with E-state index in [4.69, 9.17) is 0 Å². The molecular weight excluding hydrogens is 157 g/mol. The molecule has 0 heterocycles. The molecule has 0 aromatic carbocycles. The first-order valence-electron chi connectivity index (χ1n) is 2.54. The molecule has 0 saturated carbocycles. The summed E-state index contributed by atoms with van der Waals surface area (Å²) in [5.74, 6) is 0. The van der Waals surface area contributed by atoms with Gasteiger partial charge >= 0.3 is 13.2 Å². The number of nitrogens with one attached hydrogen (secondary N) is 1. The molecule has 0 rings (SSSR count). The number of carbonyl (C=O) groups excluding carboxylic acids is 1. The van der Waals surface area contributed by atoms with Crippen molar-refractivity contribution in [2.75, 3.05) is 21.3 Å². The molecule has 1 N–H and O–H groups in total. The van der Waals surface area contributed by atoms with Crippen LogP contribution in [0.15, 0.2) is 0 Å². The van der Waals surface area contributed by atoms with E-state index in [1.165, 1.54) is 7.05 Å². The number of hydrogen-bond donors (Lipinski definition) is 1. The largest absolute Gasteiger partial charge is 0.417 e. The lowest BCUT2D eigenvalue weighted by atomic mass is 11.2. The smallest absolute Gasteiger partial charge is 0.349 e. The normalized spacial score (nSPS) is 11.1. The fourth-order valence-electron chi connectivity index (χ4n) is 0.377. The van der Waals surface area contributed by atoms with E-state index in [-0.39, 0.29) is 0 Å². The Hall–Kier alpha value is -0.380. The molecule has 0 aromatic heterocycles. The van der Waals surface area contributed by atoms with Gasteiger partial charge in [-0.3, -0.25) is 4.79 Å². The van der Waals surface area contributed by atoms with Crippen LogP contribution in [0.2, 0.25) is 0 Å². The molecule has 0 aliphatic carbocycles. The highest BCUT2D eigenvalue weighted by Crippen LogP contribution is 2.46. The summed E-state index contributed by atoms with van der Waals surface area (Å²) in [4.78, 5) is 10.7. The van der Waals surface area contributed by atoms with Gasteiger partial charge in [-0.1, -0.05) is 0 Å². The van der Waals surface area contributed by atoms with Crippen LogP contribution in [0.4, 0.5) is 4.79 Å². The summed E-state index contributed by atoms with van der Waals surface area (Å²) in [5.41, 5.74) is -0.738. The molecule has 0 aliphatic rings. The predicted molar refractivity (Wildman–Crippen MR) is 36.1 cm³/mol. The highest BCUT2D eigenvalue weighted by molar-refractivity contribution is 7.71. The molecule has 6 heteroatoms. The van der Waals surface area contributed by atoms with Crippen LogP contribution in [-0.4, -0.2) is 26.9 Å². The summed E-state index contributed by atoms with van der Waals surface area (Å²) < 4.78 is 19.7. The quantitative estimate of drug-likeness (QED) is 0.631. The molecule has 0 radical (unpaired) electrons. The van der Waals surface area contributed by atoms with Crippen molar-refractivity contribution in [2.24, 2.45) is 0 Å². The lowest BCUT2D eigenvalue weighted by Gasteiger charge is -2.09. The highest BCUT2D eigenvalue weighted by atomic mass is 31.2. The van der Waals surface area contributed by atoms with E-state index in [1.54, 1.807) is 0 Å². The van der Waals surface area contributed by atoms with Crippen molar-refractivity contribution < 1.29 is 18.4 Å². The number of carbonyl (C=O) groups is 1. The molecule has 0 saturated heterocycles. The number of rotatable bonds is 3. The van der Waals surface area contributed by atoms with E-state index in [0.717, 1.165) is 14.2 Å². The Kier molecular flexibility index (Phi) is 3.57. The molecule has 1 amide bonds. The van der Waals surface area contributed by atoms with Crippen LogP contribution in [0, 0.1) is 0 Å². The van der Waals surface area contributed by atoms with E-state index in [0.29, 0.717) is 0 Å². The van der Waals surface area contributed by atoms with Crippen molar-refractivity contribution in [3.05, 3.63) is 0 Å². The molecule has 60 valence electrons. The van der Waals surface area contributed by atoms with Crippen LogP contribution in [0.25, 0.3) is 0 Å². The van der Waals surface area contributed by atoms with Crippen molar-refractivity contribution in [1.82, 2.24) is 5.32 Å². The van der Waals surface area contributed by atoms with Crippen LogP contribution in [0.5, 0.6) is 0 Å². The van der Waals surface area contributed by atoms with E-state index in [9.17, 15) is 9.36 Å². The maximum absolute atomic E-state index is 11.0. The van der Waals surface area contributed by atoms with E-state index < -0.39 is 13.2 Å². The number of amides is 1. The average Bonchev–Trinajstić information content (AvgIpc) is 2.01. The maximum Gasteiger partial charge on any atom is 0.417 e. The van der Waals surface area contributed by atoms with E-state index in [1.807, 2.05) is 0 Å². The summed E-state index contributed by atoms with van der Waals surface area (Å²) in [7, 11) is 0.137. The molecule has 0 fully saturated rings.